The highest BCUT2D eigenvalue weighted by molar-refractivity contribution is 6.30. The molecule has 1 aliphatic heterocycles. The van der Waals surface area contributed by atoms with E-state index < -0.39 is 17.6 Å². The Balaban J connectivity index is 1.73. The summed E-state index contributed by atoms with van der Waals surface area (Å²) in [5.74, 6) is -3.20. The van der Waals surface area contributed by atoms with E-state index in [2.05, 4.69) is 5.32 Å². The van der Waals surface area contributed by atoms with Gasteiger partial charge in [0.05, 0.1) is 5.92 Å². The van der Waals surface area contributed by atoms with Gasteiger partial charge in [0, 0.05) is 35.4 Å². The number of aryl methyl sites for hydroxylation is 1. The van der Waals surface area contributed by atoms with Crippen LogP contribution in [0.15, 0.2) is 36.4 Å². The maximum atomic E-state index is 13.4. The summed E-state index contributed by atoms with van der Waals surface area (Å²) in [6, 6.07) is 8.32. The smallest absolute Gasteiger partial charge is 0.229 e. The van der Waals surface area contributed by atoms with Crippen molar-refractivity contribution < 1.29 is 18.4 Å². The minimum atomic E-state index is -1.03. The van der Waals surface area contributed by atoms with E-state index in [1.54, 1.807) is 18.2 Å². The van der Waals surface area contributed by atoms with Gasteiger partial charge in [0.1, 0.15) is 0 Å². The van der Waals surface area contributed by atoms with Crippen LogP contribution in [-0.4, -0.2) is 18.4 Å². The average molecular weight is 365 g/mol. The molecule has 1 atom stereocenters. The van der Waals surface area contributed by atoms with Crippen LogP contribution in [-0.2, 0) is 9.59 Å². The molecule has 2 aromatic rings. The summed E-state index contributed by atoms with van der Waals surface area (Å²) < 4.78 is 26.4. The maximum absolute atomic E-state index is 13.4. The highest BCUT2D eigenvalue weighted by Crippen LogP contribution is 2.28. The fourth-order valence-electron chi connectivity index (χ4n) is 2.79. The number of anilines is 2. The lowest BCUT2D eigenvalue weighted by atomic mass is 10.1. The largest absolute Gasteiger partial charge is 0.326 e. The first-order chi connectivity index (χ1) is 11.8. The number of benzene rings is 2. The summed E-state index contributed by atoms with van der Waals surface area (Å²) in [4.78, 5) is 25.9. The summed E-state index contributed by atoms with van der Waals surface area (Å²) in [6.45, 7) is 1.93. The summed E-state index contributed by atoms with van der Waals surface area (Å²) in [6.07, 6.45) is 0.0114. The second-order valence-electron chi connectivity index (χ2n) is 5.95. The molecule has 1 saturated heterocycles. The van der Waals surface area contributed by atoms with E-state index in [-0.39, 0.29) is 30.5 Å². The summed E-state index contributed by atoms with van der Waals surface area (Å²) >= 11 is 5.89. The number of carbonyl (C=O) groups is 2. The highest BCUT2D eigenvalue weighted by atomic mass is 35.5. The van der Waals surface area contributed by atoms with Crippen molar-refractivity contribution in [3.8, 4) is 0 Å². The fraction of sp³-hybridized carbons (Fsp3) is 0.222. The summed E-state index contributed by atoms with van der Waals surface area (Å²) in [7, 11) is 0. The second kappa shape index (κ2) is 6.80. The number of nitrogens with one attached hydrogen (secondary N) is 1. The van der Waals surface area contributed by atoms with E-state index in [0.717, 1.165) is 17.7 Å². The van der Waals surface area contributed by atoms with Crippen molar-refractivity contribution >= 4 is 34.8 Å². The Bertz CT molecular complexity index is 857. The van der Waals surface area contributed by atoms with Gasteiger partial charge >= 0.3 is 0 Å². The molecule has 0 saturated carbocycles. The highest BCUT2D eigenvalue weighted by Gasteiger charge is 2.35. The zero-order valence-corrected chi connectivity index (χ0v) is 14.1. The lowest BCUT2D eigenvalue weighted by Crippen LogP contribution is -2.28. The van der Waals surface area contributed by atoms with Gasteiger partial charge in [-0.15, -0.1) is 0 Å². The van der Waals surface area contributed by atoms with Crippen LogP contribution in [0.5, 0.6) is 0 Å². The quantitative estimate of drug-likeness (QED) is 0.897. The maximum Gasteiger partial charge on any atom is 0.229 e. The third kappa shape index (κ3) is 3.64. The van der Waals surface area contributed by atoms with Crippen molar-refractivity contribution in [1.82, 2.24) is 0 Å². The molecule has 0 bridgehead atoms. The summed E-state index contributed by atoms with van der Waals surface area (Å²) in [5.41, 5.74) is 1.66. The molecule has 1 fully saturated rings. The van der Waals surface area contributed by atoms with Gasteiger partial charge in [-0.25, -0.2) is 8.78 Å². The molecular formula is C18H15ClF2N2O2. The Morgan fingerprint density at radius 1 is 1.20 bits per heavy atom. The van der Waals surface area contributed by atoms with E-state index >= 15 is 0 Å². The third-order valence-electron chi connectivity index (χ3n) is 4.16. The molecule has 0 aromatic heterocycles. The van der Waals surface area contributed by atoms with Crippen LogP contribution in [0.2, 0.25) is 5.02 Å². The number of nitrogens with zero attached hydrogens (tertiary/aromatic N) is 1. The van der Waals surface area contributed by atoms with Crippen molar-refractivity contribution in [1.29, 1.82) is 0 Å². The molecule has 7 heteroatoms. The van der Waals surface area contributed by atoms with Gasteiger partial charge in [-0.1, -0.05) is 11.6 Å². The Morgan fingerprint density at radius 3 is 2.64 bits per heavy atom. The van der Waals surface area contributed by atoms with Crippen molar-refractivity contribution in [3.05, 3.63) is 58.6 Å². The molecular weight excluding hydrogens is 350 g/mol. The van der Waals surface area contributed by atoms with Crippen molar-refractivity contribution in [2.75, 3.05) is 16.8 Å². The standard InChI is InChI=1S/C18H15ClF2N2O2/c1-10-6-12(19)2-5-16(10)22-18(25)11-7-17(24)23(9-11)13-3-4-14(20)15(21)8-13/h2-6,8,11H,7,9H2,1H3,(H,22,25). The minimum Gasteiger partial charge on any atom is -0.326 e. The molecule has 1 aliphatic rings. The molecule has 1 heterocycles. The number of hydrogen-bond acceptors (Lipinski definition) is 2. The normalized spacial score (nSPS) is 17.0. The van der Waals surface area contributed by atoms with E-state index in [9.17, 15) is 18.4 Å². The molecule has 1 unspecified atom stereocenters. The van der Waals surface area contributed by atoms with Gasteiger partial charge in [-0.2, -0.15) is 0 Å². The van der Waals surface area contributed by atoms with Gasteiger partial charge in [-0.05, 0) is 42.8 Å². The number of carbonyl (C=O) groups excluding carboxylic acids is 2. The van der Waals surface area contributed by atoms with E-state index in [4.69, 9.17) is 11.6 Å². The first kappa shape index (κ1) is 17.4. The van der Waals surface area contributed by atoms with Crippen LogP contribution in [0.25, 0.3) is 0 Å². The lowest BCUT2D eigenvalue weighted by Gasteiger charge is -2.17. The molecule has 0 radical (unpaired) electrons. The second-order valence-corrected chi connectivity index (χ2v) is 6.39. The fourth-order valence-corrected chi connectivity index (χ4v) is 3.01. The van der Waals surface area contributed by atoms with E-state index in [0.29, 0.717) is 10.7 Å². The van der Waals surface area contributed by atoms with Crippen molar-refractivity contribution in [2.24, 2.45) is 5.92 Å². The Labute approximate surface area is 148 Å². The SMILES string of the molecule is Cc1cc(Cl)ccc1NC(=O)C1CC(=O)N(c2ccc(F)c(F)c2)C1. The Morgan fingerprint density at radius 2 is 1.96 bits per heavy atom. The molecule has 0 spiro atoms. The van der Waals surface area contributed by atoms with Gasteiger partial charge in [0.15, 0.2) is 11.6 Å². The van der Waals surface area contributed by atoms with Crippen LogP contribution in [0, 0.1) is 24.5 Å². The van der Waals surface area contributed by atoms with Crippen LogP contribution < -0.4 is 10.2 Å². The monoisotopic (exact) mass is 364 g/mol. The van der Waals surface area contributed by atoms with Crippen LogP contribution >= 0.6 is 11.6 Å². The summed E-state index contributed by atoms with van der Waals surface area (Å²) in [5, 5.41) is 3.35. The van der Waals surface area contributed by atoms with Gasteiger partial charge < -0.3 is 10.2 Å². The Kier molecular flexibility index (Phi) is 4.72. The molecule has 2 aromatic carbocycles. The van der Waals surface area contributed by atoms with E-state index in [1.807, 2.05) is 6.92 Å². The van der Waals surface area contributed by atoms with Crippen LogP contribution in [0.4, 0.5) is 20.2 Å². The number of halogens is 3. The minimum absolute atomic E-state index is 0.0114. The van der Waals surface area contributed by atoms with E-state index in [1.165, 1.54) is 11.0 Å². The molecule has 1 N–H and O–H groups in total. The number of rotatable bonds is 3. The molecule has 4 nitrogen and oxygen atoms in total. The zero-order valence-electron chi connectivity index (χ0n) is 13.4. The predicted octanol–water partition coefficient (Wildman–Crippen LogP) is 3.92. The number of amides is 2. The Hall–Kier alpha value is -2.47. The lowest BCUT2D eigenvalue weighted by molar-refractivity contribution is -0.122. The molecule has 0 aliphatic carbocycles. The van der Waals surface area contributed by atoms with Crippen LogP contribution in [0.3, 0.4) is 0 Å². The van der Waals surface area contributed by atoms with Gasteiger partial charge in [0.25, 0.3) is 0 Å². The third-order valence-corrected chi connectivity index (χ3v) is 4.39. The van der Waals surface area contributed by atoms with Gasteiger partial charge in [-0.3, -0.25) is 9.59 Å². The average Bonchev–Trinajstić information content (AvgIpc) is 2.95. The molecule has 130 valence electrons. The molecule has 3 rings (SSSR count). The van der Waals surface area contributed by atoms with Gasteiger partial charge in [0.2, 0.25) is 11.8 Å². The predicted molar refractivity (Wildman–Crippen MR) is 91.6 cm³/mol. The first-order valence-corrected chi connectivity index (χ1v) is 8.05. The first-order valence-electron chi connectivity index (χ1n) is 7.67. The molecule has 25 heavy (non-hydrogen) atoms. The number of hydrogen-bond donors (Lipinski definition) is 1. The van der Waals surface area contributed by atoms with Crippen molar-refractivity contribution in [2.45, 2.75) is 13.3 Å². The molecule has 2 amide bonds. The van der Waals surface area contributed by atoms with Crippen LogP contribution in [0.1, 0.15) is 12.0 Å². The topological polar surface area (TPSA) is 49.4 Å². The zero-order chi connectivity index (χ0) is 18.1. The van der Waals surface area contributed by atoms with Crippen molar-refractivity contribution in [3.63, 3.8) is 0 Å².